The van der Waals surface area contributed by atoms with Crippen molar-refractivity contribution in [3.05, 3.63) is 57.8 Å². The van der Waals surface area contributed by atoms with Crippen molar-refractivity contribution >= 4 is 28.8 Å². The number of carbonyl (C=O) groups is 2. The van der Waals surface area contributed by atoms with E-state index in [1.54, 1.807) is 29.2 Å². The van der Waals surface area contributed by atoms with Gasteiger partial charge in [-0.2, -0.15) is 0 Å². The molecular weight excluding hydrogens is 350 g/mol. The molecule has 1 aromatic heterocycles. The number of benzene rings is 1. The number of hydrogen-bond acceptors (Lipinski definition) is 5. The number of aliphatic hydroxyl groups is 1. The maximum atomic E-state index is 12.7. The highest BCUT2D eigenvalue weighted by atomic mass is 32.1. The molecule has 2 aromatic rings. The number of ether oxygens (including phenoxy) is 1. The highest BCUT2D eigenvalue weighted by Crippen LogP contribution is 2.41. The molecule has 1 aliphatic rings. The molecular formula is C20H21NO4S. The molecule has 6 heteroatoms. The van der Waals surface area contributed by atoms with Gasteiger partial charge in [0.05, 0.1) is 18.2 Å². The lowest BCUT2D eigenvalue weighted by Crippen LogP contribution is -2.30. The number of thiophene rings is 1. The van der Waals surface area contributed by atoms with Crippen LogP contribution in [0.5, 0.6) is 5.75 Å². The minimum absolute atomic E-state index is 0.148. The van der Waals surface area contributed by atoms with Crippen LogP contribution in [0.2, 0.25) is 0 Å². The molecule has 1 N–H and O–H groups in total. The fraction of sp³-hybridized carbons (Fsp3) is 0.300. The Labute approximate surface area is 156 Å². The number of ketones is 1. The van der Waals surface area contributed by atoms with Gasteiger partial charge in [0.25, 0.3) is 11.7 Å². The summed E-state index contributed by atoms with van der Waals surface area (Å²) in [6.45, 7) is 4.86. The zero-order chi connectivity index (χ0) is 18.7. The van der Waals surface area contributed by atoms with Crippen molar-refractivity contribution < 1.29 is 19.4 Å². The van der Waals surface area contributed by atoms with Crippen LogP contribution in [0.4, 0.5) is 0 Å². The Hall–Kier alpha value is -2.60. The lowest BCUT2D eigenvalue weighted by atomic mass is 10.00. The van der Waals surface area contributed by atoms with E-state index in [1.165, 1.54) is 11.3 Å². The molecule has 1 amide bonds. The SMILES string of the molecule is CCCN1C(=O)C(=O)/C(=C(\O)c2ccc(OCC)cc2)C1c1cccs1. The van der Waals surface area contributed by atoms with Gasteiger partial charge in [0.1, 0.15) is 11.5 Å². The molecule has 1 unspecified atom stereocenters. The van der Waals surface area contributed by atoms with E-state index >= 15 is 0 Å². The van der Waals surface area contributed by atoms with Crippen LogP contribution in [-0.4, -0.2) is 34.8 Å². The molecule has 0 spiro atoms. The molecule has 1 saturated heterocycles. The highest BCUT2D eigenvalue weighted by molar-refractivity contribution is 7.10. The summed E-state index contributed by atoms with van der Waals surface area (Å²) in [6, 6.07) is 10.1. The second-order valence-corrected chi connectivity index (χ2v) is 6.94. The normalized spacial score (nSPS) is 19.2. The number of hydrogen-bond donors (Lipinski definition) is 1. The van der Waals surface area contributed by atoms with Crippen molar-refractivity contribution in [1.29, 1.82) is 0 Å². The minimum Gasteiger partial charge on any atom is -0.507 e. The first-order valence-corrected chi connectivity index (χ1v) is 9.51. The molecule has 1 fully saturated rings. The first-order chi connectivity index (χ1) is 12.6. The number of nitrogens with zero attached hydrogens (tertiary/aromatic N) is 1. The molecule has 1 atom stereocenters. The summed E-state index contributed by atoms with van der Waals surface area (Å²) in [5, 5.41) is 12.7. The summed E-state index contributed by atoms with van der Waals surface area (Å²) in [6.07, 6.45) is 0.734. The van der Waals surface area contributed by atoms with E-state index in [0.29, 0.717) is 24.5 Å². The third kappa shape index (κ3) is 3.24. The van der Waals surface area contributed by atoms with Crippen LogP contribution in [0, 0.1) is 0 Å². The van der Waals surface area contributed by atoms with Gasteiger partial charge in [-0.25, -0.2) is 0 Å². The van der Waals surface area contributed by atoms with Gasteiger partial charge in [-0.15, -0.1) is 11.3 Å². The summed E-state index contributed by atoms with van der Waals surface area (Å²) in [7, 11) is 0. The van der Waals surface area contributed by atoms with Gasteiger partial charge in [-0.3, -0.25) is 9.59 Å². The van der Waals surface area contributed by atoms with E-state index in [2.05, 4.69) is 0 Å². The van der Waals surface area contributed by atoms with Crippen LogP contribution in [0.3, 0.4) is 0 Å². The highest BCUT2D eigenvalue weighted by Gasteiger charge is 2.46. The predicted octanol–water partition coefficient (Wildman–Crippen LogP) is 3.98. The predicted molar refractivity (Wildman–Crippen MR) is 101 cm³/mol. The van der Waals surface area contributed by atoms with Crippen molar-refractivity contribution in [2.75, 3.05) is 13.2 Å². The van der Waals surface area contributed by atoms with Crippen molar-refractivity contribution in [1.82, 2.24) is 4.90 Å². The van der Waals surface area contributed by atoms with Crippen LogP contribution in [0.25, 0.3) is 5.76 Å². The largest absolute Gasteiger partial charge is 0.507 e. The Morgan fingerprint density at radius 2 is 1.92 bits per heavy atom. The van der Waals surface area contributed by atoms with Gasteiger partial charge in [-0.1, -0.05) is 13.0 Å². The average Bonchev–Trinajstić information content (AvgIpc) is 3.25. The number of amides is 1. The molecule has 3 rings (SSSR count). The number of likely N-dealkylation sites (tertiary alicyclic amines) is 1. The number of rotatable bonds is 6. The van der Waals surface area contributed by atoms with E-state index in [9.17, 15) is 14.7 Å². The van der Waals surface area contributed by atoms with E-state index < -0.39 is 17.7 Å². The second-order valence-electron chi connectivity index (χ2n) is 5.97. The number of Topliss-reactive ketones (excluding diaryl/α,β-unsaturated/α-hetero) is 1. The molecule has 0 aliphatic carbocycles. The smallest absolute Gasteiger partial charge is 0.295 e. The molecule has 1 aromatic carbocycles. The van der Waals surface area contributed by atoms with Crippen LogP contribution < -0.4 is 4.74 Å². The van der Waals surface area contributed by atoms with Crippen LogP contribution >= 0.6 is 11.3 Å². The summed E-state index contributed by atoms with van der Waals surface area (Å²) in [5.41, 5.74) is 0.638. The molecule has 0 radical (unpaired) electrons. The molecule has 26 heavy (non-hydrogen) atoms. The zero-order valence-corrected chi connectivity index (χ0v) is 15.6. The Bertz CT molecular complexity index is 824. The van der Waals surface area contributed by atoms with E-state index in [4.69, 9.17) is 4.74 Å². The second kappa shape index (κ2) is 7.74. The molecule has 136 valence electrons. The Morgan fingerprint density at radius 3 is 2.50 bits per heavy atom. The third-order valence-corrected chi connectivity index (χ3v) is 5.18. The summed E-state index contributed by atoms with van der Waals surface area (Å²) >= 11 is 1.47. The van der Waals surface area contributed by atoms with Crippen molar-refractivity contribution in [3.63, 3.8) is 0 Å². The maximum absolute atomic E-state index is 12.7. The quantitative estimate of drug-likeness (QED) is 0.474. The van der Waals surface area contributed by atoms with E-state index in [-0.39, 0.29) is 11.3 Å². The average molecular weight is 371 g/mol. The first kappa shape index (κ1) is 18.2. The fourth-order valence-electron chi connectivity index (χ4n) is 3.13. The van der Waals surface area contributed by atoms with E-state index in [0.717, 1.165) is 11.3 Å². The van der Waals surface area contributed by atoms with Crippen molar-refractivity contribution in [3.8, 4) is 5.75 Å². The molecule has 5 nitrogen and oxygen atoms in total. The van der Waals surface area contributed by atoms with Gasteiger partial charge in [0.15, 0.2) is 0 Å². The summed E-state index contributed by atoms with van der Waals surface area (Å²) in [5.74, 6) is -0.658. The van der Waals surface area contributed by atoms with Crippen LogP contribution in [0.1, 0.15) is 36.8 Å². The van der Waals surface area contributed by atoms with Gasteiger partial charge in [-0.05, 0) is 49.1 Å². The maximum Gasteiger partial charge on any atom is 0.295 e. The Balaban J connectivity index is 2.07. The monoisotopic (exact) mass is 371 g/mol. The third-order valence-electron chi connectivity index (χ3n) is 4.26. The molecule has 1 aliphatic heterocycles. The lowest BCUT2D eigenvalue weighted by molar-refractivity contribution is -0.139. The van der Waals surface area contributed by atoms with Crippen LogP contribution in [0.15, 0.2) is 47.4 Å². The Kier molecular flexibility index (Phi) is 5.42. The molecule has 2 heterocycles. The minimum atomic E-state index is -0.636. The molecule has 0 bridgehead atoms. The van der Waals surface area contributed by atoms with Gasteiger partial charge in [0, 0.05) is 17.0 Å². The summed E-state index contributed by atoms with van der Waals surface area (Å²) < 4.78 is 5.41. The number of carbonyl (C=O) groups excluding carboxylic acids is 2. The fourth-order valence-corrected chi connectivity index (χ4v) is 3.97. The zero-order valence-electron chi connectivity index (χ0n) is 14.8. The van der Waals surface area contributed by atoms with Crippen molar-refractivity contribution in [2.24, 2.45) is 0 Å². The van der Waals surface area contributed by atoms with Crippen LogP contribution in [-0.2, 0) is 9.59 Å². The van der Waals surface area contributed by atoms with Gasteiger partial charge < -0.3 is 14.7 Å². The lowest BCUT2D eigenvalue weighted by Gasteiger charge is -2.23. The topological polar surface area (TPSA) is 66.8 Å². The standard InChI is InChI=1S/C20H21NO4S/c1-3-11-21-17(15-6-5-12-26-15)16(19(23)20(21)24)18(22)13-7-9-14(10-8-13)25-4-2/h5-10,12,17,22H,3-4,11H2,1-2H3/b18-16-. The number of aliphatic hydroxyl groups excluding tert-OH is 1. The van der Waals surface area contributed by atoms with E-state index in [1.807, 2.05) is 31.4 Å². The first-order valence-electron chi connectivity index (χ1n) is 8.63. The molecule has 0 saturated carbocycles. The van der Waals surface area contributed by atoms with Gasteiger partial charge >= 0.3 is 0 Å². The van der Waals surface area contributed by atoms with Crippen molar-refractivity contribution in [2.45, 2.75) is 26.3 Å². The summed E-state index contributed by atoms with van der Waals surface area (Å²) in [4.78, 5) is 27.6. The van der Waals surface area contributed by atoms with Gasteiger partial charge in [0.2, 0.25) is 0 Å². The Morgan fingerprint density at radius 1 is 1.19 bits per heavy atom.